The first-order chi connectivity index (χ1) is 12.1. The quantitative estimate of drug-likeness (QED) is 0.837. The molecule has 0 bridgehead atoms. The van der Waals surface area contributed by atoms with Crippen LogP contribution < -0.4 is 4.74 Å². The van der Waals surface area contributed by atoms with Crippen molar-refractivity contribution in [1.82, 2.24) is 4.90 Å². The lowest BCUT2D eigenvalue weighted by Gasteiger charge is -2.39. The Morgan fingerprint density at radius 2 is 1.64 bits per heavy atom. The fraction of sp³-hybridized carbons (Fsp3) is 0.300. The van der Waals surface area contributed by atoms with E-state index in [9.17, 15) is 8.42 Å². The van der Waals surface area contributed by atoms with Gasteiger partial charge in [-0.3, -0.25) is 0 Å². The Bertz CT molecular complexity index is 873. The Kier molecular flexibility index (Phi) is 4.25. The van der Waals surface area contributed by atoms with E-state index in [2.05, 4.69) is 17.0 Å². The molecule has 2 aromatic rings. The fourth-order valence-corrected chi connectivity index (χ4v) is 4.87. The molecule has 0 radical (unpaired) electrons. The van der Waals surface area contributed by atoms with Gasteiger partial charge in [0.05, 0.1) is 11.2 Å². The van der Waals surface area contributed by atoms with Gasteiger partial charge in [0.15, 0.2) is 9.84 Å². The van der Waals surface area contributed by atoms with Gasteiger partial charge in [-0.15, -0.1) is 0 Å². The lowest BCUT2D eigenvalue weighted by Crippen LogP contribution is -2.39. The minimum Gasteiger partial charge on any atom is -0.457 e. The summed E-state index contributed by atoms with van der Waals surface area (Å²) in [5, 5.41) is 1.49. The molecule has 4 rings (SSSR count). The van der Waals surface area contributed by atoms with E-state index in [1.165, 1.54) is 5.41 Å². The highest BCUT2D eigenvalue weighted by Crippen LogP contribution is 2.38. The smallest absolute Gasteiger partial charge is 0.175 e. The summed E-state index contributed by atoms with van der Waals surface area (Å²) in [5.74, 6) is 1.97. The molecule has 1 atom stereocenters. The topological polar surface area (TPSA) is 46.6 Å². The van der Waals surface area contributed by atoms with Gasteiger partial charge in [-0.05, 0) is 42.7 Å². The van der Waals surface area contributed by atoms with Crippen LogP contribution in [0.5, 0.6) is 11.5 Å². The second-order valence-corrected chi connectivity index (χ2v) is 8.55. The van der Waals surface area contributed by atoms with Crippen LogP contribution in [0.1, 0.15) is 24.3 Å². The number of rotatable bonds is 3. The summed E-state index contributed by atoms with van der Waals surface area (Å²) < 4.78 is 29.9. The standard InChI is InChI=1S/C20H21NO3S/c22-25(23)14-13-21-12-4-7-19(20(21)15-25)16-8-10-18(11-9-16)24-17-5-2-1-3-6-17/h1-3,5-6,8-11,15,19H,4,7,12-14H2. The molecule has 4 nitrogen and oxygen atoms in total. The van der Waals surface area contributed by atoms with E-state index in [1.807, 2.05) is 42.5 Å². The van der Waals surface area contributed by atoms with E-state index in [4.69, 9.17) is 4.74 Å². The van der Waals surface area contributed by atoms with Crippen molar-refractivity contribution in [3.8, 4) is 11.5 Å². The Morgan fingerprint density at radius 3 is 2.40 bits per heavy atom. The molecule has 0 aliphatic carbocycles. The number of allylic oxidation sites excluding steroid dienone is 1. The number of piperidine rings is 1. The average Bonchev–Trinajstić information content (AvgIpc) is 2.62. The predicted molar refractivity (Wildman–Crippen MR) is 98.4 cm³/mol. The summed E-state index contributed by atoms with van der Waals surface area (Å²) in [6, 6.07) is 17.7. The zero-order valence-electron chi connectivity index (χ0n) is 14.0. The first kappa shape index (κ1) is 16.2. The highest BCUT2D eigenvalue weighted by Gasteiger charge is 2.31. The van der Waals surface area contributed by atoms with Crippen LogP contribution in [0.15, 0.2) is 65.7 Å². The molecule has 2 aliphatic heterocycles. The van der Waals surface area contributed by atoms with Crippen molar-refractivity contribution in [3.05, 3.63) is 71.3 Å². The zero-order valence-corrected chi connectivity index (χ0v) is 14.8. The SMILES string of the molecule is O=S1(=O)C=C2C(c3ccc(Oc4ccccc4)cc3)CCCN2CC1. The molecule has 2 aliphatic rings. The molecule has 25 heavy (non-hydrogen) atoms. The molecule has 0 spiro atoms. The molecule has 2 aromatic carbocycles. The summed E-state index contributed by atoms with van der Waals surface area (Å²) in [6.07, 6.45) is 2.07. The Labute approximate surface area is 148 Å². The highest BCUT2D eigenvalue weighted by atomic mass is 32.2. The second-order valence-electron chi connectivity index (χ2n) is 6.58. The van der Waals surface area contributed by atoms with Crippen LogP contribution in [0, 0.1) is 0 Å². The summed E-state index contributed by atoms with van der Waals surface area (Å²) in [4.78, 5) is 2.23. The van der Waals surface area contributed by atoms with Crippen LogP contribution in [0.25, 0.3) is 0 Å². The molecule has 0 saturated carbocycles. The average molecular weight is 355 g/mol. The number of nitrogens with zero attached hydrogens (tertiary/aromatic N) is 1. The third kappa shape index (κ3) is 3.56. The number of fused-ring (bicyclic) bond motifs is 1. The van der Waals surface area contributed by atoms with Crippen molar-refractivity contribution in [2.75, 3.05) is 18.8 Å². The van der Waals surface area contributed by atoms with Gasteiger partial charge in [0.25, 0.3) is 0 Å². The molecular weight excluding hydrogens is 334 g/mol. The summed E-state index contributed by atoms with van der Waals surface area (Å²) in [5.41, 5.74) is 2.10. The first-order valence-electron chi connectivity index (χ1n) is 8.63. The Balaban J connectivity index is 1.58. The summed E-state index contributed by atoms with van der Waals surface area (Å²) in [6.45, 7) is 1.56. The lowest BCUT2D eigenvalue weighted by atomic mass is 9.88. The molecule has 130 valence electrons. The normalized spacial score (nSPS) is 22.0. The monoisotopic (exact) mass is 355 g/mol. The van der Waals surface area contributed by atoms with Crippen LogP contribution in [0.2, 0.25) is 0 Å². The third-order valence-electron chi connectivity index (χ3n) is 4.85. The number of benzene rings is 2. The van der Waals surface area contributed by atoms with Gasteiger partial charge in [0.2, 0.25) is 0 Å². The third-order valence-corrected chi connectivity index (χ3v) is 6.20. The minimum absolute atomic E-state index is 0.148. The fourth-order valence-electron chi connectivity index (χ4n) is 3.59. The second kappa shape index (κ2) is 6.56. The molecule has 1 saturated heterocycles. The van der Waals surface area contributed by atoms with Crippen LogP contribution in [-0.4, -0.2) is 32.2 Å². The molecule has 0 aromatic heterocycles. The van der Waals surface area contributed by atoms with E-state index >= 15 is 0 Å². The van der Waals surface area contributed by atoms with E-state index in [0.717, 1.165) is 42.1 Å². The van der Waals surface area contributed by atoms with Gasteiger partial charge >= 0.3 is 0 Å². The van der Waals surface area contributed by atoms with Crippen molar-refractivity contribution in [1.29, 1.82) is 0 Å². The molecule has 0 amide bonds. The number of ether oxygens (including phenoxy) is 1. The van der Waals surface area contributed by atoms with Gasteiger partial charge in [-0.2, -0.15) is 0 Å². The van der Waals surface area contributed by atoms with Crippen molar-refractivity contribution in [2.24, 2.45) is 0 Å². The lowest BCUT2D eigenvalue weighted by molar-refractivity contribution is 0.281. The van der Waals surface area contributed by atoms with Crippen molar-refractivity contribution in [2.45, 2.75) is 18.8 Å². The molecule has 0 N–H and O–H groups in total. The van der Waals surface area contributed by atoms with Gasteiger partial charge in [0.1, 0.15) is 11.5 Å². The van der Waals surface area contributed by atoms with Gasteiger partial charge in [0, 0.05) is 24.7 Å². The molecule has 1 unspecified atom stereocenters. The first-order valence-corrected chi connectivity index (χ1v) is 10.3. The van der Waals surface area contributed by atoms with Gasteiger partial charge in [-0.1, -0.05) is 30.3 Å². The van der Waals surface area contributed by atoms with Crippen LogP contribution in [0.3, 0.4) is 0 Å². The maximum atomic E-state index is 12.0. The van der Waals surface area contributed by atoms with Crippen molar-refractivity contribution in [3.63, 3.8) is 0 Å². The number of para-hydroxylation sites is 1. The van der Waals surface area contributed by atoms with Gasteiger partial charge < -0.3 is 9.64 Å². The molecule has 2 heterocycles. The van der Waals surface area contributed by atoms with Gasteiger partial charge in [-0.25, -0.2) is 8.42 Å². The number of sulfone groups is 1. The maximum absolute atomic E-state index is 12.0. The highest BCUT2D eigenvalue weighted by molar-refractivity contribution is 7.94. The van der Waals surface area contributed by atoms with Crippen LogP contribution in [0.4, 0.5) is 0 Å². The van der Waals surface area contributed by atoms with Crippen LogP contribution in [-0.2, 0) is 9.84 Å². The molecule has 5 heteroatoms. The van der Waals surface area contributed by atoms with E-state index in [0.29, 0.717) is 6.54 Å². The summed E-state index contributed by atoms with van der Waals surface area (Å²) >= 11 is 0. The van der Waals surface area contributed by atoms with Crippen LogP contribution >= 0.6 is 0 Å². The molecule has 1 fully saturated rings. The van der Waals surface area contributed by atoms with Crippen molar-refractivity contribution < 1.29 is 13.2 Å². The minimum atomic E-state index is -3.07. The number of hydrogen-bond acceptors (Lipinski definition) is 4. The maximum Gasteiger partial charge on any atom is 0.175 e. The predicted octanol–water partition coefficient (Wildman–Crippen LogP) is 3.93. The van der Waals surface area contributed by atoms with E-state index < -0.39 is 9.84 Å². The van der Waals surface area contributed by atoms with Crippen molar-refractivity contribution >= 4 is 9.84 Å². The Morgan fingerprint density at radius 1 is 0.920 bits per heavy atom. The van der Waals surface area contributed by atoms with E-state index in [1.54, 1.807) is 0 Å². The zero-order chi connectivity index (χ0) is 17.3. The Hall–Kier alpha value is -2.27. The molecular formula is C20H21NO3S. The number of hydrogen-bond donors (Lipinski definition) is 0. The largest absolute Gasteiger partial charge is 0.457 e. The summed E-state index contributed by atoms with van der Waals surface area (Å²) in [7, 11) is -3.07. The van der Waals surface area contributed by atoms with E-state index in [-0.39, 0.29) is 11.7 Å².